The van der Waals surface area contributed by atoms with E-state index in [0.29, 0.717) is 5.56 Å². The molecule has 0 N–H and O–H groups in total. The maximum atomic E-state index is 12.9. The summed E-state index contributed by atoms with van der Waals surface area (Å²) in [6.45, 7) is -0.382. The van der Waals surface area contributed by atoms with Crippen molar-refractivity contribution in [2.75, 3.05) is 17.7 Å². The smallest absolute Gasteiger partial charge is 0.182 e. The molecule has 0 bridgehead atoms. The molecule has 0 unspecified atom stereocenters. The third-order valence-corrected chi connectivity index (χ3v) is 3.82. The van der Waals surface area contributed by atoms with Gasteiger partial charge in [-0.3, -0.25) is 4.79 Å². The Labute approximate surface area is 131 Å². The van der Waals surface area contributed by atoms with Crippen LogP contribution in [0.4, 0.5) is 14.9 Å². The van der Waals surface area contributed by atoms with Crippen LogP contribution in [0.15, 0.2) is 53.4 Å². The highest BCUT2D eigenvalue weighted by Crippen LogP contribution is 2.18. The fraction of sp³-hybridized carbons (Fsp3) is 0.125. The summed E-state index contributed by atoms with van der Waals surface area (Å²) in [5.41, 5.74) is 0.599. The fourth-order valence-electron chi connectivity index (χ4n) is 1.89. The molecule has 0 aliphatic heterocycles. The Morgan fingerprint density at radius 2 is 1.68 bits per heavy atom. The Morgan fingerprint density at radius 3 is 2.18 bits per heavy atom. The van der Waals surface area contributed by atoms with Crippen LogP contribution in [0.25, 0.3) is 0 Å². The van der Waals surface area contributed by atoms with Gasteiger partial charge in [0.1, 0.15) is 11.9 Å². The molecule has 0 saturated carbocycles. The Morgan fingerprint density at radius 1 is 1.09 bits per heavy atom. The van der Waals surface area contributed by atoms with Crippen LogP contribution in [0.1, 0.15) is 10.4 Å². The number of Topliss-reactive ketones (excluding diaryl/α,β-unsaturated/α-hetero) is 1. The quantitative estimate of drug-likeness (QED) is 0.628. The second kappa shape index (κ2) is 7.09. The highest BCUT2D eigenvalue weighted by molar-refractivity contribution is 7.98. The van der Waals surface area contributed by atoms with Gasteiger partial charge in [-0.05, 0) is 42.7 Å². The van der Waals surface area contributed by atoms with Crippen LogP contribution in [-0.2, 0) is 0 Å². The summed E-state index contributed by atoms with van der Waals surface area (Å²) in [5.74, 6) is -0.845. The van der Waals surface area contributed by atoms with E-state index in [1.54, 1.807) is 36.0 Å². The molecule has 0 heterocycles. The molecule has 0 spiro atoms. The molecule has 0 atom stereocenters. The molecule has 6 heteroatoms. The van der Waals surface area contributed by atoms with Crippen molar-refractivity contribution in [2.45, 2.75) is 4.90 Å². The Hall–Kier alpha value is -2.34. The van der Waals surface area contributed by atoms with Crippen LogP contribution < -0.4 is 10.0 Å². The van der Waals surface area contributed by atoms with Crippen LogP contribution in [0.2, 0.25) is 0 Å². The van der Waals surface area contributed by atoms with E-state index < -0.39 is 11.9 Å². The van der Waals surface area contributed by atoms with Crippen LogP contribution in [0.3, 0.4) is 0 Å². The van der Waals surface area contributed by atoms with E-state index in [-0.39, 0.29) is 18.0 Å². The van der Waals surface area contributed by atoms with Crippen molar-refractivity contribution in [3.8, 4) is 0 Å². The predicted molar refractivity (Wildman–Crippen MR) is 81.7 cm³/mol. The Bertz CT molecular complexity index is 671. The minimum atomic E-state index is -1.51. The monoisotopic (exact) mass is 318 g/mol. The molecule has 0 aliphatic carbocycles. The Balaban J connectivity index is 2.18. The lowest BCUT2D eigenvalue weighted by Gasteiger charge is -2.24. The number of halogens is 1. The van der Waals surface area contributed by atoms with Crippen molar-refractivity contribution in [3.05, 3.63) is 59.9 Å². The van der Waals surface area contributed by atoms with Gasteiger partial charge in [0.15, 0.2) is 5.78 Å². The molecule has 0 fully saturated rings. The SMILES string of the molecule is CSc1ccc(C(=O)CN(C(=O)[O-])c2ccc(F)cc2)cc1. The first kappa shape index (κ1) is 16.0. The Kier molecular flexibility index (Phi) is 5.16. The van der Waals surface area contributed by atoms with Crippen molar-refractivity contribution in [1.82, 2.24) is 0 Å². The first-order chi connectivity index (χ1) is 10.5. The maximum Gasteiger partial charge on any atom is 0.182 e. The molecular weight excluding hydrogens is 305 g/mol. The summed E-state index contributed by atoms with van der Waals surface area (Å²) in [6.07, 6.45) is 0.407. The second-order valence-electron chi connectivity index (χ2n) is 4.48. The van der Waals surface area contributed by atoms with Gasteiger partial charge in [0, 0.05) is 16.1 Å². The molecule has 0 aromatic heterocycles. The van der Waals surface area contributed by atoms with Gasteiger partial charge in [0.05, 0.1) is 6.54 Å². The van der Waals surface area contributed by atoms with E-state index in [1.165, 1.54) is 12.1 Å². The number of benzene rings is 2. The van der Waals surface area contributed by atoms with Gasteiger partial charge in [-0.25, -0.2) is 4.39 Å². The topological polar surface area (TPSA) is 60.4 Å². The number of amides is 1. The molecule has 0 saturated heterocycles. The van der Waals surface area contributed by atoms with Gasteiger partial charge in [0.25, 0.3) is 0 Å². The number of hydrogen-bond donors (Lipinski definition) is 0. The molecule has 1 amide bonds. The molecule has 2 rings (SSSR count). The second-order valence-corrected chi connectivity index (χ2v) is 5.36. The standard InChI is InChI=1S/C16H14FNO3S/c1-22-14-8-2-11(3-9-14)15(19)10-18(16(20)21)13-6-4-12(17)5-7-13/h2-9H,10H2,1H3,(H,20,21)/p-1. The number of carbonyl (C=O) groups excluding carboxylic acids is 2. The van der Waals surface area contributed by atoms with Crippen molar-refractivity contribution in [3.63, 3.8) is 0 Å². The minimum Gasteiger partial charge on any atom is -0.530 e. The number of thioether (sulfide) groups is 1. The van der Waals surface area contributed by atoms with Gasteiger partial charge in [0.2, 0.25) is 0 Å². The maximum absolute atomic E-state index is 12.9. The summed E-state index contributed by atoms with van der Waals surface area (Å²) in [5, 5.41) is 11.2. The fourth-order valence-corrected chi connectivity index (χ4v) is 2.30. The van der Waals surface area contributed by atoms with E-state index in [0.717, 1.165) is 21.9 Å². The number of carbonyl (C=O) groups is 2. The van der Waals surface area contributed by atoms with Crippen molar-refractivity contribution in [1.29, 1.82) is 0 Å². The zero-order valence-electron chi connectivity index (χ0n) is 11.8. The molecule has 2 aromatic carbocycles. The van der Waals surface area contributed by atoms with Gasteiger partial charge in [-0.2, -0.15) is 0 Å². The average Bonchev–Trinajstić information content (AvgIpc) is 2.53. The highest BCUT2D eigenvalue weighted by atomic mass is 32.2. The zero-order chi connectivity index (χ0) is 16.1. The van der Waals surface area contributed by atoms with E-state index in [4.69, 9.17) is 0 Å². The van der Waals surface area contributed by atoms with Crippen molar-refractivity contribution < 1.29 is 19.1 Å². The lowest BCUT2D eigenvalue weighted by atomic mass is 10.1. The predicted octanol–water partition coefficient (Wildman–Crippen LogP) is 2.58. The molecule has 4 nitrogen and oxygen atoms in total. The minimum absolute atomic E-state index is 0.190. The van der Waals surface area contributed by atoms with Gasteiger partial charge < -0.3 is 14.8 Å². The summed E-state index contributed by atoms with van der Waals surface area (Å²) < 4.78 is 12.9. The lowest BCUT2D eigenvalue weighted by molar-refractivity contribution is -0.246. The summed E-state index contributed by atoms with van der Waals surface area (Å²) in [6, 6.07) is 11.7. The first-order valence-electron chi connectivity index (χ1n) is 6.42. The van der Waals surface area contributed by atoms with Crippen LogP contribution in [0.5, 0.6) is 0 Å². The molecule has 0 radical (unpaired) electrons. The molecule has 114 valence electrons. The van der Waals surface area contributed by atoms with E-state index in [2.05, 4.69) is 0 Å². The van der Waals surface area contributed by atoms with Crippen LogP contribution in [-0.4, -0.2) is 24.7 Å². The van der Waals surface area contributed by atoms with Gasteiger partial charge in [-0.15, -0.1) is 11.8 Å². The van der Waals surface area contributed by atoms with Crippen molar-refractivity contribution in [2.24, 2.45) is 0 Å². The number of hydrogen-bond acceptors (Lipinski definition) is 4. The summed E-state index contributed by atoms with van der Waals surface area (Å²) >= 11 is 1.54. The third-order valence-electron chi connectivity index (χ3n) is 3.07. The molecule has 2 aromatic rings. The number of anilines is 1. The van der Waals surface area contributed by atoms with Crippen LogP contribution in [0, 0.1) is 5.82 Å². The van der Waals surface area contributed by atoms with Gasteiger partial charge >= 0.3 is 0 Å². The number of carboxylic acid groups (broad SMARTS) is 1. The highest BCUT2D eigenvalue weighted by Gasteiger charge is 2.14. The molecular formula is C16H13FNO3S-. The largest absolute Gasteiger partial charge is 0.530 e. The normalized spacial score (nSPS) is 10.3. The van der Waals surface area contributed by atoms with E-state index in [1.807, 2.05) is 6.26 Å². The number of ketones is 1. The van der Waals surface area contributed by atoms with E-state index in [9.17, 15) is 19.1 Å². The first-order valence-corrected chi connectivity index (χ1v) is 7.65. The van der Waals surface area contributed by atoms with E-state index >= 15 is 0 Å². The summed E-state index contributed by atoms with van der Waals surface area (Å²) in [4.78, 5) is 25.2. The van der Waals surface area contributed by atoms with Gasteiger partial charge in [-0.1, -0.05) is 12.1 Å². The van der Waals surface area contributed by atoms with Crippen molar-refractivity contribution >= 4 is 29.3 Å². The third kappa shape index (κ3) is 3.85. The average molecular weight is 318 g/mol. The molecule has 22 heavy (non-hydrogen) atoms. The summed E-state index contributed by atoms with van der Waals surface area (Å²) in [7, 11) is 0. The van der Waals surface area contributed by atoms with Crippen LogP contribution >= 0.6 is 11.8 Å². The molecule has 0 aliphatic rings. The zero-order valence-corrected chi connectivity index (χ0v) is 12.6. The number of nitrogens with zero attached hydrogens (tertiary/aromatic N) is 1. The lowest BCUT2D eigenvalue weighted by Crippen LogP contribution is -2.44. The number of rotatable bonds is 5.